The summed E-state index contributed by atoms with van der Waals surface area (Å²) in [4.78, 5) is 19.3. The number of H-pyrrole nitrogens is 1. The number of aromatic amines is 1. The van der Waals surface area contributed by atoms with E-state index in [4.69, 9.17) is 16.6 Å². The molecule has 0 saturated carbocycles. The molecule has 0 bridgehead atoms. The molecule has 3 aromatic heterocycles. The zero-order chi connectivity index (χ0) is 12.7. The zero-order valence-corrected chi connectivity index (χ0v) is 11.1. The first-order valence-electron chi connectivity index (χ1n) is 5.27. The largest absolute Gasteiger partial charge is 0.444 e. The van der Waals surface area contributed by atoms with Gasteiger partial charge in [-0.2, -0.15) is 0 Å². The number of hydrogen-bond donors (Lipinski definition) is 1. The third-order valence-corrected chi connectivity index (χ3v) is 3.78. The lowest BCUT2D eigenvalue weighted by atomic mass is 10.4. The van der Waals surface area contributed by atoms with Crippen molar-refractivity contribution < 1.29 is 4.42 Å². The molecule has 0 saturated heterocycles. The van der Waals surface area contributed by atoms with Crippen molar-refractivity contribution in [2.24, 2.45) is 0 Å². The Morgan fingerprint density at radius 3 is 3.17 bits per heavy atom. The second kappa shape index (κ2) is 4.18. The average molecular weight is 279 g/mol. The number of hydrogen-bond acceptors (Lipinski definition) is 5. The lowest BCUT2D eigenvalue weighted by Crippen LogP contribution is -2.22. The molecule has 0 aliphatic rings. The highest BCUT2D eigenvalue weighted by Gasteiger charge is 2.09. The number of aromatic nitrogens is 3. The Bertz CT molecular complexity index is 825. The summed E-state index contributed by atoms with van der Waals surface area (Å²) in [6.07, 6.45) is 1.62. The molecule has 5 nitrogen and oxygen atoms in total. The first-order chi connectivity index (χ1) is 8.65. The van der Waals surface area contributed by atoms with E-state index in [2.05, 4.69) is 9.97 Å². The SMILES string of the molecule is Cc1cnc(Cn2c(=S)[nH]c3ccsc3c2=O)o1. The smallest absolute Gasteiger partial charge is 0.272 e. The zero-order valence-electron chi connectivity index (χ0n) is 9.47. The molecule has 3 heterocycles. The van der Waals surface area contributed by atoms with Gasteiger partial charge in [-0.05, 0) is 30.6 Å². The summed E-state index contributed by atoms with van der Waals surface area (Å²) in [6.45, 7) is 2.05. The van der Waals surface area contributed by atoms with E-state index in [9.17, 15) is 4.79 Å². The Kier molecular flexibility index (Phi) is 2.64. The number of oxazole rings is 1. The van der Waals surface area contributed by atoms with Crippen LogP contribution in [-0.2, 0) is 6.54 Å². The van der Waals surface area contributed by atoms with Gasteiger partial charge in [0.15, 0.2) is 4.77 Å². The van der Waals surface area contributed by atoms with Crippen molar-refractivity contribution in [2.45, 2.75) is 13.5 Å². The normalized spacial score (nSPS) is 11.2. The molecular formula is C11H9N3O2S2. The lowest BCUT2D eigenvalue weighted by molar-refractivity contribution is 0.452. The number of fused-ring (bicyclic) bond motifs is 1. The topological polar surface area (TPSA) is 63.8 Å². The van der Waals surface area contributed by atoms with Gasteiger partial charge in [-0.1, -0.05) is 0 Å². The number of thiophene rings is 1. The fourth-order valence-corrected chi connectivity index (χ4v) is 2.78. The number of nitrogens with one attached hydrogen (secondary N) is 1. The number of nitrogens with zero attached hydrogens (tertiary/aromatic N) is 2. The molecule has 0 spiro atoms. The second-order valence-corrected chi connectivity index (χ2v) is 5.15. The van der Waals surface area contributed by atoms with E-state index in [-0.39, 0.29) is 12.1 Å². The van der Waals surface area contributed by atoms with E-state index in [1.807, 2.05) is 18.4 Å². The summed E-state index contributed by atoms with van der Waals surface area (Å²) in [5.74, 6) is 1.19. The monoisotopic (exact) mass is 279 g/mol. The predicted molar refractivity (Wildman–Crippen MR) is 71.6 cm³/mol. The van der Waals surface area contributed by atoms with Gasteiger partial charge in [0.2, 0.25) is 5.89 Å². The molecule has 7 heteroatoms. The summed E-state index contributed by atoms with van der Waals surface area (Å²) in [5, 5.41) is 1.86. The predicted octanol–water partition coefficient (Wildman–Crippen LogP) is 2.47. The highest BCUT2D eigenvalue weighted by Crippen LogP contribution is 2.14. The fraction of sp³-hybridized carbons (Fsp3) is 0.182. The molecule has 1 N–H and O–H groups in total. The standard InChI is InChI=1S/C11H9N3O2S2/c1-6-4-12-8(16-6)5-14-10(15)9-7(2-3-18-9)13-11(14)17/h2-4H,5H2,1H3,(H,13,17). The maximum atomic E-state index is 12.2. The van der Waals surface area contributed by atoms with Crippen LogP contribution in [0, 0.1) is 11.7 Å². The van der Waals surface area contributed by atoms with Gasteiger partial charge in [-0.25, -0.2) is 4.98 Å². The van der Waals surface area contributed by atoms with E-state index < -0.39 is 0 Å². The van der Waals surface area contributed by atoms with Crippen molar-refractivity contribution in [1.82, 2.24) is 14.5 Å². The number of aryl methyl sites for hydroxylation is 1. The number of rotatable bonds is 2. The Labute approximate surface area is 111 Å². The summed E-state index contributed by atoms with van der Waals surface area (Å²) in [7, 11) is 0. The highest BCUT2D eigenvalue weighted by atomic mass is 32.1. The van der Waals surface area contributed by atoms with Crippen LogP contribution in [0.5, 0.6) is 0 Å². The van der Waals surface area contributed by atoms with Gasteiger partial charge < -0.3 is 9.40 Å². The van der Waals surface area contributed by atoms with Crippen LogP contribution in [0.25, 0.3) is 10.2 Å². The van der Waals surface area contributed by atoms with Crippen LogP contribution in [0.3, 0.4) is 0 Å². The van der Waals surface area contributed by atoms with E-state index in [1.54, 1.807) is 6.20 Å². The molecule has 0 fully saturated rings. The van der Waals surface area contributed by atoms with Crippen molar-refractivity contribution in [2.75, 3.05) is 0 Å². The van der Waals surface area contributed by atoms with Gasteiger partial charge in [-0.3, -0.25) is 9.36 Å². The Morgan fingerprint density at radius 1 is 1.61 bits per heavy atom. The third-order valence-electron chi connectivity index (χ3n) is 2.55. The Balaban J connectivity index is 2.17. The van der Waals surface area contributed by atoms with Crippen molar-refractivity contribution in [3.63, 3.8) is 0 Å². The van der Waals surface area contributed by atoms with Gasteiger partial charge >= 0.3 is 0 Å². The third kappa shape index (κ3) is 1.81. The first-order valence-corrected chi connectivity index (χ1v) is 6.55. The van der Waals surface area contributed by atoms with Crippen molar-refractivity contribution in [3.05, 3.63) is 44.4 Å². The molecule has 3 rings (SSSR count). The molecule has 92 valence electrons. The second-order valence-electron chi connectivity index (χ2n) is 3.85. The van der Waals surface area contributed by atoms with E-state index in [0.717, 1.165) is 5.52 Å². The quantitative estimate of drug-likeness (QED) is 0.732. The maximum absolute atomic E-state index is 12.2. The molecule has 0 amide bonds. The average Bonchev–Trinajstić information content (AvgIpc) is 2.93. The Hall–Kier alpha value is -1.73. The minimum Gasteiger partial charge on any atom is -0.444 e. The summed E-state index contributed by atoms with van der Waals surface area (Å²) >= 11 is 6.57. The van der Waals surface area contributed by atoms with Crippen LogP contribution in [0.1, 0.15) is 11.7 Å². The molecule has 0 aliphatic heterocycles. The summed E-state index contributed by atoms with van der Waals surface area (Å²) in [6, 6.07) is 1.84. The van der Waals surface area contributed by atoms with Gasteiger partial charge in [0, 0.05) is 0 Å². The maximum Gasteiger partial charge on any atom is 0.272 e. The van der Waals surface area contributed by atoms with Crippen LogP contribution in [-0.4, -0.2) is 14.5 Å². The van der Waals surface area contributed by atoms with E-state index in [0.29, 0.717) is 21.1 Å². The van der Waals surface area contributed by atoms with Crippen LogP contribution >= 0.6 is 23.6 Å². The van der Waals surface area contributed by atoms with Gasteiger partial charge in [-0.15, -0.1) is 11.3 Å². The molecule has 0 atom stereocenters. The molecular weight excluding hydrogens is 270 g/mol. The first kappa shape index (κ1) is 11.4. The van der Waals surface area contributed by atoms with E-state index in [1.165, 1.54) is 15.9 Å². The minimum absolute atomic E-state index is 0.111. The van der Waals surface area contributed by atoms with Crippen molar-refractivity contribution in [3.8, 4) is 0 Å². The molecule has 0 aliphatic carbocycles. The molecule has 0 radical (unpaired) electrons. The van der Waals surface area contributed by atoms with Crippen LogP contribution in [0.2, 0.25) is 0 Å². The highest BCUT2D eigenvalue weighted by molar-refractivity contribution is 7.71. The molecule has 3 aromatic rings. The van der Waals surface area contributed by atoms with Crippen LogP contribution < -0.4 is 5.56 Å². The fourth-order valence-electron chi connectivity index (χ4n) is 1.72. The van der Waals surface area contributed by atoms with Crippen molar-refractivity contribution >= 4 is 33.8 Å². The van der Waals surface area contributed by atoms with Gasteiger partial charge in [0.05, 0.1) is 11.7 Å². The molecule has 0 aromatic carbocycles. The van der Waals surface area contributed by atoms with Crippen LogP contribution in [0.15, 0.2) is 26.9 Å². The Morgan fingerprint density at radius 2 is 2.44 bits per heavy atom. The lowest BCUT2D eigenvalue weighted by Gasteiger charge is -2.03. The summed E-state index contributed by atoms with van der Waals surface area (Å²) in [5.41, 5.74) is 0.662. The van der Waals surface area contributed by atoms with Crippen molar-refractivity contribution in [1.29, 1.82) is 0 Å². The van der Waals surface area contributed by atoms with Gasteiger partial charge in [0.25, 0.3) is 5.56 Å². The van der Waals surface area contributed by atoms with Crippen LogP contribution in [0.4, 0.5) is 0 Å². The summed E-state index contributed by atoms with van der Waals surface area (Å²) < 4.78 is 7.86. The van der Waals surface area contributed by atoms with E-state index >= 15 is 0 Å². The minimum atomic E-state index is -0.111. The molecule has 0 unspecified atom stereocenters. The molecule has 18 heavy (non-hydrogen) atoms. The van der Waals surface area contributed by atoms with Gasteiger partial charge in [0.1, 0.15) is 17.0 Å².